The van der Waals surface area contributed by atoms with E-state index in [1.165, 1.54) is 5.56 Å². The maximum absolute atomic E-state index is 12.3. The molecule has 3 rings (SSSR count). The highest BCUT2D eigenvalue weighted by molar-refractivity contribution is 5.92. The molecule has 4 heteroatoms. The first-order valence-electron chi connectivity index (χ1n) is 7.78. The van der Waals surface area contributed by atoms with Crippen molar-refractivity contribution in [2.24, 2.45) is 5.92 Å². The van der Waals surface area contributed by atoms with Crippen LogP contribution in [0.2, 0.25) is 0 Å². The second-order valence-corrected chi connectivity index (χ2v) is 5.76. The van der Waals surface area contributed by atoms with Gasteiger partial charge in [0.15, 0.2) is 0 Å². The highest BCUT2D eigenvalue weighted by Crippen LogP contribution is 2.20. The van der Waals surface area contributed by atoms with Crippen LogP contribution in [0.3, 0.4) is 0 Å². The molecule has 114 valence electrons. The standard InChI is InChI=1S/C18H21N3O/c22-18(20-17-6-10-19-11-7-17)16-8-12-21(13-9-16)14-15-4-2-1-3-5-15/h1-7,10-11,16H,8-9,12-14H2,(H,19,20,22). The average molecular weight is 295 g/mol. The van der Waals surface area contributed by atoms with Crippen LogP contribution in [-0.2, 0) is 11.3 Å². The summed E-state index contributed by atoms with van der Waals surface area (Å²) in [5, 5.41) is 2.98. The average Bonchev–Trinajstić information content (AvgIpc) is 2.57. The lowest BCUT2D eigenvalue weighted by atomic mass is 9.95. The molecule has 1 aliphatic heterocycles. The number of amides is 1. The van der Waals surface area contributed by atoms with Gasteiger partial charge in [-0.3, -0.25) is 14.7 Å². The number of nitrogens with one attached hydrogen (secondary N) is 1. The van der Waals surface area contributed by atoms with Gasteiger partial charge in [0.05, 0.1) is 0 Å². The van der Waals surface area contributed by atoms with E-state index in [0.717, 1.165) is 38.2 Å². The number of nitrogens with zero attached hydrogens (tertiary/aromatic N) is 2. The zero-order valence-corrected chi connectivity index (χ0v) is 12.6. The molecule has 0 bridgehead atoms. The summed E-state index contributed by atoms with van der Waals surface area (Å²) in [6, 6.07) is 14.1. The molecular weight excluding hydrogens is 274 g/mol. The number of piperidine rings is 1. The van der Waals surface area contributed by atoms with Crippen LogP contribution in [0.15, 0.2) is 54.9 Å². The van der Waals surface area contributed by atoms with Crippen molar-refractivity contribution < 1.29 is 4.79 Å². The summed E-state index contributed by atoms with van der Waals surface area (Å²) in [6.07, 6.45) is 5.23. The van der Waals surface area contributed by atoms with E-state index in [4.69, 9.17) is 0 Å². The molecular formula is C18H21N3O. The van der Waals surface area contributed by atoms with Crippen molar-refractivity contribution in [3.05, 3.63) is 60.4 Å². The number of hydrogen-bond acceptors (Lipinski definition) is 3. The van der Waals surface area contributed by atoms with Gasteiger partial charge in [-0.25, -0.2) is 0 Å². The van der Waals surface area contributed by atoms with Gasteiger partial charge >= 0.3 is 0 Å². The summed E-state index contributed by atoms with van der Waals surface area (Å²) in [6.45, 7) is 2.92. The number of carbonyl (C=O) groups is 1. The molecule has 1 aliphatic rings. The summed E-state index contributed by atoms with van der Waals surface area (Å²) in [5.41, 5.74) is 2.16. The van der Waals surface area contributed by atoms with Crippen LogP contribution < -0.4 is 5.32 Å². The van der Waals surface area contributed by atoms with Gasteiger partial charge in [-0.05, 0) is 43.6 Å². The van der Waals surface area contributed by atoms with Gasteiger partial charge in [0.1, 0.15) is 0 Å². The molecule has 0 saturated carbocycles. The zero-order valence-electron chi connectivity index (χ0n) is 12.6. The molecule has 22 heavy (non-hydrogen) atoms. The number of anilines is 1. The van der Waals surface area contributed by atoms with E-state index in [9.17, 15) is 4.79 Å². The van der Waals surface area contributed by atoms with Crippen LogP contribution in [0.1, 0.15) is 18.4 Å². The van der Waals surface area contributed by atoms with E-state index in [0.29, 0.717) is 0 Å². The van der Waals surface area contributed by atoms with Crippen molar-refractivity contribution in [3.63, 3.8) is 0 Å². The Hall–Kier alpha value is -2.20. The Morgan fingerprint density at radius 3 is 2.45 bits per heavy atom. The van der Waals surface area contributed by atoms with Crippen LogP contribution in [0.5, 0.6) is 0 Å². The summed E-state index contributed by atoms with van der Waals surface area (Å²) < 4.78 is 0. The lowest BCUT2D eigenvalue weighted by molar-refractivity contribution is -0.121. The Labute approximate surface area is 131 Å². The van der Waals surface area contributed by atoms with Crippen molar-refractivity contribution in [1.29, 1.82) is 0 Å². The minimum Gasteiger partial charge on any atom is -0.326 e. The summed E-state index contributed by atoms with van der Waals surface area (Å²) in [7, 11) is 0. The molecule has 1 saturated heterocycles. The van der Waals surface area contributed by atoms with E-state index in [1.54, 1.807) is 12.4 Å². The van der Waals surface area contributed by atoms with Gasteiger partial charge in [-0.2, -0.15) is 0 Å². The molecule has 2 aromatic rings. The monoisotopic (exact) mass is 295 g/mol. The molecule has 2 heterocycles. The second-order valence-electron chi connectivity index (χ2n) is 5.76. The van der Waals surface area contributed by atoms with Crippen molar-refractivity contribution in [2.45, 2.75) is 19.4 Å². The number of benzene rings is 1. The smallest absolute Gasteiger partial charge is 0.227 e. The number of pyridine rings is 1. The minimum atomic E-state index is 0.111. The quantitative estimate of drug-likeness (QED) is 0.943. The lowest BCUT2D eigenvalue weighted by Gasteiger charge is -2.31. The van der Waals surface area contributed by atoms with Crippen molar-refractivity contribution in [1.82, 2.24) is 9.88 Å². The van der Waals surface area contributed by atoms with Gasteiger partial charge in [0.25, 0.3) is 0 Å². The fourth-order valence-electron chi connectivity index (χ4n) is 2.87. The highest BCUT2D eigenvalue weighted by Gasteiger charge is 2.24. The van der Waals surface area contributed by atoms with Gasteiger partial charge in [-0.15, -0.1) is 0 Å². The molecule has 0 atom stereocenters. The van der Waals surface area contributed by atoms with E-state index < -0.39 is 0 Å². The fraction of sp³-hybridized carbons (Fsp3) is 0.333. The summed E-state index contributed by atoms with van der Waals surface area (Å²) in [4.78, 5) is 18.7. The Bertz CT molecular complexity index is 592. The summed E-state index contributed by atoms with van der Waals surface area (Å²) >= 11 is 0. The number of hydrogen-bond donors (Lipinski definition) is 1. The van der Waals surface area contributed by atoms with Crippen LogP contribution in [-0.4, -0.2) is 28.9 Å². The van der Waals surface area contributed by atoms with Gasteiger partial charge in [0.2, 0.25) is 5.91 Å². The topological polar surface area (TPSA) is 45.2 Å². The molecule has 1 N–H and O–H groups in total. The molecule has 1 aromatic carbocycles. The Morgan fingerprint density at radius 1 is 1.09 bits per heavy atom. The number of carbonyl (C=O) groups excluding carboxylic acids is 1. The van der Waals surface area contributed by atoms with Crippen molar-refractivity contribution >= 4 is 11.6 Å². The molecule has 1 amide bonds. The largest absolute Gasteiger partial charge is 0.326 e. The Morgan fingerprint density at radius 2 is 1.77 bits per heavy atom. The van der Waals surface area contributed by atoms with E-state index in [2.05, 4.69) is 39.5 Å². The van der Waals surface area contributed by atoms with Crippen LogP contribution >= 0.6 is 0 Å². The molecule has 4 nitrogen and oxygen atoms in total. The number of aromatic nitrogens is 1. The molecule has 1 fully saturated rings. The van der Waals surface area contributed by atoms with Crippen LogP contribution in [0, 0.1) is 5.92 Å². The normalized spacial score (nSPS) is 16.4. The third kappa shape index (κ3) is 3.92. The highest BCUT2D eigenvalue weighted by atomic mass is 16.1. The van der Waals surface area contributed by atoms with Gasteiger partial charge in [-0.1, -0.05) is 30.3 Å². The number of rotatable bonds is 4. The Kier molecular flexibility index (Phi) is 4.81. The Balaban J connectivity index is 1.48. The van der Waals surface area contributed by atoms with Crippen LogP contribution in [0.4, 0.5) is 5.69 Å². The third-order valence-electron chi connectivity index (χ3n) is 4.16. The maximum atomic E-state index is 12.3. The minimum absolute atomic E-state index is 0.111. The van der Waals surface area contributed by atoms with Crippen LogP contribution in [0.25, 0.3) is 0 Å². The van der Waals surface area contributed by atoms with Gasteiger partial charge in [0, 0.05) is 30.5 Å². The molecule has 0 spiro atoms. The van der Waals surface area contributed by atoms with E-state index in [-0.39, 0.29) is 11.8 Å². The molecule has 1 aromatic heterocycles. The van der Waals surface area contributed by atoms with Crippen molar-refractivity contribution in [3.8, 4) is 0 Å². The second kappa shape index (κ2) is 7.18. The van der Waals surface area contributed by atoms with E-state index in [1.807, 2.05) is 18.2 Å². The van der Waals surface area contributed by atoms with Gasteiger partial charge < -0.3 is 5.32 Å². The molecule has 0 unspecified atom stereocenters. The van der Waals surface area contributed by atoms with Crippen molar-refractivity contribution in [2.75, 3.05) is 18.4 Å². The fourth-order valence-corrected chi connectivity index (χ4v) is 2.87. The maximum Gasteiger partial charge on any atom is 0.227 e. The predicted molar refractivity (Wildman–Crippen MR) is 87.3 cm³/mol. The molecule has 0 radical (unpaired) electrons. The third-order valence-corrected chi connectivity index (χ3v) is 4.16. The molecule has 0 aliphatic carbocycles. The lowest BCUT2D eigenvalue weighted by Crippen LogP contribution is -2.37. The van der Waals surface area contributed by atoms with E-state index >= 15 is 0 Å². The zero-order chi connectivity index (χ0) is 15.2. The predicted octanol–water partition coefficient (Wildman–Crippen LogP) is 2.93. The SMILES string of the molecule is O=C(Nc1ccncc1)C1CCN(Cc2ccccc2)CC1. The first-order chi connectivity index (χ1) is 10.8. The number of likely N-dealkylation sites (tertiary alicyclic amines) is 1. The summed E-state index contributed by atoms with van der Waals surface area (Å²) in [5.74, 6) is 0.241. The first kappa shape index (κ1) is 14.7. The first-order valence-corrected chi connectivity index (χ1v) is 7.78.